The molecule has 1 aliphatic heterocycles. The number of rotatable bonds is 17. The summed E-state index contributed by atoms with van der Waals surface area (Å²) in [5.74, 6) is 0.575. The Balaban J connectivity index is 0. The van der Waals surface area contributed by atoms with Gasteiger partial charge in [-0.25, -0.2) is 5.53 Å². The highest BCUT2D eigenvalue weighted by molar-refractivity contribution is 4.69. The molecule has 0 radical (unpaired) electrons. The molecule has 0 saturated heterocycles. The van der Waals surface area contributed by atoms with Crippen molar-refractivity contribution in [3.63, 3.8) is 0 Å². The van der Waals surface area contributed by atoms with Crippen molar-refractivity contribution in [2.24, 2.45) is 16.3 Å². The summed E-state index contributed by atoms with van der Waals surface area (Å²) in [5.41, 5.74) is 5.79. The molecule has 1 rings (SSSR count). The first-order chi connectivity index (χ1) is 12.8. The highest BCUT2D eigenvalue weighted by atomic mass is 15.7. The fraction of sp³-hybridized carbons (Fsp3) is 1.00. The van der Waals surface area contributed by atoms with Gasteiger partial charge in [-0.3, -0.25) is 0 Å². The summed E-state index contributed by atoms with van der Waals surface area (Å²) in [6.07, 6.45) is 22.9. The van der Waals surface area contributed by atoms with Gasteiger partial charge in [-0.1, -0.05) is 129 Å². The van der Waals surface area contributed by atoms with Crippen LogP contribution in [0.5, 0.6) is 0 Å². The minimum absolute atomic E-state index is 0. The van der Waals surface area contributed by atoms with E-state index in [1.54, 1.807) is 0 Å². The molecular weight excluding hydrogens is 320 g/mol. The van der Waals surface area contributed by atoms with Gasteiger partial charge in [-0.2, -0.15) is 5.43 Å². The lowest BCUT2D eigenvalue weighted by Crippen LogP contribution is -2.34. The lowest BCUT2D eigenvalue weighted by Gasteiger charge is -2.14. The number of hydrogen-bond donors (Lipinski definition) is 2. The summed E-state index contributed by atoms with van der Waals surface area (Å²) in [5, 5.41) is 7.90. The van der Waals surface area contributed by atoms with E-state index in [4.69, 9.17) is 0 Å². The number of hydrazine groups is 1. The average molecular weight is 371 g/mol. The minimum atomic E-state index is 0. The van der Waals surface area contributed by atoms with E-state index in [-0.39, 0.29) is 7.59 Å². The number of unbranched alkanes of at least 4 members (excludes halogenated alkanes) is 14. The molecule has 0 aliphatic carbocycles. The molecule has 2 unspecified atom stereocenters. The van der Waals surface area contributed by atoms with Crippen molar-refractivity contribution >= 4 is 0 Å². The first kappa shape index (κ1) is 25.4. The lowest BCUT2D eigenvalue weighted by atomic mass is 9.99. The van der Waals surface area contributed by atoms with E-state index >= 15 is 0 Å². The van der Waals surface area contributed by atoms with Crippen molar-refractivity contribution in [3.8, 4) is 0 Å². The third-order valence-electron chi connectivity index (χ3n) is 5.25. The van der Waals surface area contributed by atoms with Crippen molar-refractivity contribution in [3.05, 3.63) is 0 Å². The highest BCUT2D eigenvalue weighted by Gasteiger charge is 2.18. The first-order valence-electron chi connectivity index (χ1n) is 11.7. The highest BCUT2D eigenvalue weighted by Crippen LogP contribution is 2.17. The molecule has 1 heterocycles. The zero-order valence-corrected chi connectivity index (χ0v) is 18.4. The number of nitrogens with zero attached hydrogens (tertiary/aromatic N) is 2. The molecule has 2 atom stereocenters. The maximum Gasteiger partial charge on any atom is 0.143 e. The monoisotopic (exact) mass is 370 g/mol. The van der Waals surface area contributed by atoms with Gasteiger partial charge < -0.3 is 0 Å². The zero-order chi connectivity index (χ0) is 19.3. The first-order valence-corrected chi connectivity index (χ1v) is 11.7. The molecule has 0 saturated carbocycles. The third kappa shape index (κ3) is 15.6. The fourth-order valence-electron chi connectivity index (χ4n) is 3.47. The summed E-state index contributed by atoms with van der Waals surface area (Å²) in [6.45, 7) is 8.55. The van der Waals surface area contributed by atoms with Crippen LogP contribution in [0.1, 0.15) is 132 Å². The fourth-order valence-corrected chi connectivity index (χ4v) is 3.47. The van der Waals surface area contributed by atoms with E-state index in [1.165, 1.54) is 103 Å². The summed E-state index contributed by atoms with van der Waals surface area (Å²) in [7, 11) is 0. The van der Waals surface area contributed by atoms with E-state index in [1.807, 2.05) is 13.8 Å². The van der Waals surface area contributed by atoms with Gasteiger partial charge >= 0.3 is 0 Å². The SMILES string of the molecule is CC.CCCCCCCCCCCCCCCCCC(C)C1N=NNN1.[HH]. The van der Waals surface area contributed by atoms with Crippen molar-refractivity contribution < 1.29 is 1.43 Å². The molecule has 0 spiro atoms. The molecule has 0 aromatic heterocycles. The van der Waals surface area contributed by atoms with Gasteiger partial charge in [0.25, 0.3) is 0 Å². The molecule has 0 bridgehead atoms. The summed E-state index contributed by atoms with van der Waals surface area (Å²) in [6, 6.07) is 0. The molecule has 0 amide bonds. The maximum atomic E-state index is 4.13. The van der Waals surface area contributed by atoms with Crippen LogP contribution in [-0.2, 0) is 0 Å². The number of nitrogens with one attached hydrogen (secondary N) is 2. The third-order valence-corrected chi connectivity index (χ3v) is 5.25. The van der Waals surface area contributed by atoms with E-state index in [9.17, 15) is 0 Å². The van der Waals surface area contributed by atoms with Crippen molar-refractivity contribution in [1.29, 1.82) is 0 Å². The normalized spacial score (nSPS) is 16.8. The molecule has 158 valence electrons. The van der Waals surface area contributed by atoms with E-state index in [2.05, 4.69) is 35.1 Å². The quantitative estimate of drug-likeness (QED) is 0.255. The molecule has 26 heavy (non-hydrogen) atoms. The Hall–Kier alpha value is -0.640. The van der Waals surface area contributed by atoms with E-state index in [0.717, 1.165) is 0 Å². The Labute approximate surface area is 165 Å². The largest absolute Gasteiger partial charge is 0.222 e. The number of hydrogen-bond acceptors (Lipinski definition) is 4. The summed E-state index contributed by atoms with van der Waals surface area (Å²) >= 11 is 0. The summed E-state index contributed by atoms with van der Waals surface area (Å²) in [4.78, 5) is 0. The Kier molecular flexibility index (Phi) is 20.2. The molecule has 2 N–H and O–H groups in total. The van der Waals surface area contributed by atoms with Gasteiger partial charge in [-0.15, -0.1) is 5.11 Å². The van der Waals surface area contributed by atoms with Crippen LogP contribution in [0, 0.1) is 5.92 Å². The Morgan fingerprint density at radius 3 is 1.54 bits per heavy atom. The van der Waals surface area contributed by atoms with Gasteiger partial charge in [0.1, 0.15) is 6.17 Å². The Bertz CT molecular complexity index is 300. The van der Waals surface area contributed by atoms with Gasteiger partial charge in [0.05, 0.1) is 0 Å². The van der Waals surface area contributed by atoms with Crippen molar-refractivity contribution in [2.75, 3.05) is 0 Å². The molecule has 0 fully saturated rings. The molecule has 4 heteroatoms. The lowest BCUT2D eigenvalue weighted by molar-refractivity contribution is 0.361. The second kappa shape index (κ2) is 20.7. The van der Waals surface area contributed by atoms with Crippen LogP contribution >= 0.6 is 0 Å². The van der Waals surface area contributed by atoms with Crippen LogP contribution in [0.4, 0.5) is 0 Å². The van der Waals surface area contributed by atoms with Gasteiger partial charge in [0.15, 0.2) is 0 Å². The predicted octanol–water partition coefficient (Wildman–Crippen LogP) is 7.96. The summed E-state index contributed by atoms with van der Waals surface area (Å²) < 4.78 is 0. The molecule has 0 aromatic rings. The van der Waals surface area contributed by atoms with E-state index < -0.39 is 0 Å². The van der Waals surface area contributed by atoms with Crippen LogP contribution in [0.15, 0.2) is 10.3 Å². The molecule has 0 aromatic carbocycles. The van der Waals surface area contributed by atoms with Crippen LogP contribution in [0.2, 0.25) is 0 Å². The van der Waals surface area contributed by atoms with Crippen LogP contribution in [-0.4, -0.2) is 6.17 Å². The average Bonchev–Trinajstić information content (AvgIpc) is 3.21. The smallest absolute Gasteiger partial charge is 0.143 e. The van der Waals surface area contributed by atoms with E-state index in [0.29, 0.717) is 5.92 Å². The maximum absolute atomic E-state index is 4.13. The zero-order valence-electron chi connectivity index (χ0n) is 18.4. The topological polar surface area (TPSA) is 48.8 Å². The van der Waals surface area contributed by atoms with Crippen molar-refractivity contribution in [1.82, 2.24) is 11.0 Å². The minimum Gasteiger partial charge on any atom is -0.222 e. The van der Waals surface area contributed by atoms with Crippen LogP contribution in [0.3, 0.4) is 0 Å². The van der Waals surface area contributed by atoms with Crippen molar-refractivity contribution in [2.45, 2.75) is 137 Å². The second-order valence-corrected chi connectivity index (χ2v) is 7.63. The molecule has 4 nitrogen and oxygen atoms in total. The van der Waals surface area contributed by atoms with Crippen LogP contribution in [0.25, 0.3) is 0 Å². The Morgan fingerprint density at radius 2 is 1.15 bits per heavy atom. The second-order valence-electron chi connectivity index (χ2n) is 7.63. The van der Waals surface area contributed by atoms with Gasteiger partial charge in [0.2, 0.25) is 0 Å². The van der Waals surface area contributed by atoms with Gasteiger partial charge in [-0.05, 0) is 12.3 Å². The standard InChI is InChI=1S/C20H42N4.C2H6.H2/c1-3-4-5-6-7-8-9-10-11-12-13-14-15-16-17-18-19(2)20-21-23-24-22-20;1-2;/h19-20H,3-18H2,1-2H3,(H,21,24)(H,22,23);1-2H3;1H. The van der Waals surface area contributed by atoms with Gasteiger partial charge in [0, 0.05) is 1.43 Å². The van der Waals surface area contributed by atoms with Crippen LogP contribution < -0.4 is 11.0 Å². The molecular formula is C22H50N4. The Morgan fingerprint density at radius 1 is 0.731 bits per heavy atom. The molecule has 1 aliphatic rings. The predicted molar refractivity (Wildman–Crippen MR) is 117 cm³/mol.